The molecular formula is C13H18N4O2S. The Morgan fingerprint density at radius 1 is 1.60 bits per heavy atom. The Morgan fingerprint density at radius 3 is 3.00 bits per heavy atom. The number of aromatic nitrogens is 2. The number of hydrogen-bond acceptors (Lipinski definition) is 5. The van der Waals surface area contributed by atoms with E-state index in [1.807, 2.05) is 13.8 Å². The van der Waals surface area contributed by atoms with E-state index in [0.717, 1.165) is 5.69 Å². The molecule has 0 bridgehead atoms. The summed E-state index contributed by atoms with van der Waals surface area (Å²) < 4.78 is 5.45. The molecule has 0 aromatic carbocycles. The maximum absolute atomic E-state index is 12.6. The molecule has 2 N–H and O–H groups in total. The minimum Gasteiger partial charge on any atom is -0.391 e. The normalized spacial score (nSPS) is 18.9. The number of carbonyl (C=O) groups excluding carboxylic acids is 1. The second kappa shape index (κ2) is 6.23. The molecule has 1 amide bonds. The van der Waals surface area contributed by atoms with Crippen molar-refractivity contribution in [2.75, 3.05) is 19.7 Å². The van der Waals surface area contributed by atoms with Gasteiger partial charge >= 0.3 is 0 Å². The monoisotopic (exact) mass is 294 g/mol. The van der Waals surface area contributed by atoms with Gasteiger partial charge in [-0.15, -0.1) is 0 Å². The van der Waals surface area contributed by atoms with Crippen LogP contribution in [0.2, 0.25) is 0 Å². The van der Waals surface area contributed by atoms with Crippen molar-refractivity contribution in [1.29, 1.82) is 0 Å². The van der Waals surface area contributed by atoms with Crippen LogP contribution in [0, 0.1) is 6.92 Å². The molecule has 1 aromatic heterocycles. The smallest absolute Gasteiger partial charge is 0.256 e. The van der Waals surface area contributed by atoms with Gasteiger partial charge in [-0.3, -0.25) is 4.79 Å². The summed E-state index contributed by atoms with van der Waals surface area (Å²) in [4.78, 5) is 14.6. The van der Waals surface area contributed by atoms with Crippen molar-refractivity contribution in [2.24, 2.45) is 5.73 Å². The Kier molecular flexibility index (Phi) is 4.61. The van der Waals surface area contributed by atoms with Crippen LogP contribution in [0.1, 0.15) is 28.7 Å². The van der Waals surface area contributed by atoms with E-state index in [1.165, 1.54) is 0 Å². The Balaban J connectivity index is 2.22. The summed E-state index contributed by atoms with van der Waals surface area (Å²) in [5.74, 6) is -0.0654. The van der Waals surface area contributed by atoms with Crippen LogP contribution in [0.25, 0.3) is 0 Å². The zero-order valence-corrected chi connectivity index (χ0v) is 12.4. The fourth-order valence-corrected chi connectivity index (χ4v) is 2.28. The van der Waals surface area contributed by atoms with Gasteiger partial charge in [0.1, 0.15) is 11.1 Å². The number of thiocarbonyl (C=S) groups is 1. The Bertz CT molecular complexity index is 535. The topological polar surface area (TPSA) is 81.3 Å². The molecule has 1 aromatic rings. The second-order valence-corrected chi connectivity index (χ2v) is 5.18. The molecule has 7 heteroatoms. The lowest BCUT2D eigenvalue weighted by molar-refractivity contribution is 0.00869. The van der Waals surface area contributed by atoms with Gasteiger partial charge in [0.25, 0.3) is 5.91 Å². The molecule has 6 nitrogen and oxygen atoms in total. The standard InChI is InChI=1S/C13H18N4O2S/c1-3-10-9(6-8(2)15-16-10)13(18)17-4-5-19-11(7-17)12(14)20/h6,11H,3-5,7H2,1-2H3,(H2,14,20). The van der Waals surface area contributed by atoms with Crippen molar-refractivity contribution in [1.82, 2.24) is 15.1 Å². The van der Waals surface area contributed by atoms with E-state index in [2.05, 4.69) is 10.2 Å². The van der Waals surface area contributed by atoms with E-state index < -0.39 is 0 Å². The maximum Gasteiger partial charge on any atom is 0.256 e. The van der Waals surface area contributed by atoms with Crippen LogP contribution >= 0.6 is 12.2 Å². The highest BCUT2D eigenvalue weighted by Gasteiger charge is 2.28. The average Bonchev–Trinajstić information content (AvgIpc) is 2.46. The minimum absolute atomic E-state index is 0.0654. The van der Waals surface area contributed by atoms with Crippen LogP contribution in [-0.2, 0) is 11.2 Å². The van der Waals surface area contributed by atoms with Crippen LogP contribution in [-0.4, -0.2) is 51.8 Å². The molecule has 2 heterocycles. The van der Waals surface area contributed by atoms with Gasteiger partial charge in [0.05, 0.1) is 30.1 Å². The van der Waals surface area contributed by atoms with Gasteiger partial charge in [0.15, 0.2) is 0 Å². The minimum atomic E-state index is -0.372. The molecule has 0 aliphatic carbocycles. The predicted molar refractivity (Wildman–Crippen MR) is 78.6 cm³/mol. The first kappa shape index (κ1) is 14.8. The van der Waals surface area contributed by atoms with E-state index in [0.29, 0.717) is 37.4 Å². The highest BCUT2D eigenvalue weighted by molar-refractivity contribution is 7.80. The number of nitrogens with two attached hydrogens (primary N) is 1. The largest absolute Gasteiger partial charge is 0.391 e. The number of ether oxygens (including phenoxy) is 1. The van der Waals surface area contributed by atoms with Crippen molar-refractivity contribution in [3.05, 3.63) is 23.0 Å². The molecule has 1 atom stereocenters. The Labute approximate surface area is 123 Å². The number of morpholine rings is 1. The lowest BCUT2D eigenvalue weighted by Crippen LogP contribution is -2.50. The molecule has 0 spiro atoms. The third-order valence-electron chi connectivity index (χ3n) is 3.23. The molecule has 0 saturated carbocycles. The lowest BCUT2D eigenvalue weighted by Gasteiger charge is -2.32. The summed E-state index contributed by atoms with van der Waals surface area (Å²) in [5.41, 5.74) is 7.63. The van der Waals surface area contributed by atoms with E-state index in [9.17, 15) is 4.79 Å². The van der Waals surface area contributed by atoms with Crippen molar-refractivity contribution < 1.29 is 9.53 Å². The van der Waals surface area contributed by atoms with Crippen molar-refractivity contribution in [3.63, 3.8) is 0 Å². The van der Waals surface area contributed by atoms with Gasteiger partial charge in [-0.05, 0) is 19.4 Å². The summed E-state index contributed by atoms with van der Waals surface area (Å²) in [7, 11) is 0. The van der Waals surface area contributed by atoms with Crippen molar-refractivity contribution >= 4 is 23.1 Å². The van der Waals surface area contributed by atoms with E-state index in [-0.39, 0.29) is 17.0 Å². The third-order valence-corrected chi connectivity index (χ3v) is 3.49. The number of nitrogens with zero attached hydrogens (tertiary/aromatic N) is 3. The maximum atomic E-state index is 12.6. The molecule has 2 rings (SSSR count). The van der Waals surface area contributed by atoms with Crippen molar-refractivity contribution in [3.8, 4) is 0 Å². The molecule has 1 aliphatic heterocycles. The summed E-state index contributed by atoms with van der Waals surface area (Å²) in [6.07, 6.45) is 0.293. The summed E-state index contributed by atoms with van der Waals surface area (Å²) in [6, 6.07) is 1.78. The van der Waals surface area contributed by atoms with Gasteiger partial charge in [-0.1, -0.05) is 19.1 Å². The first-order valence-electron chi connectivity index (χ1n) is 6.56. The average molecular weight is 294 g/mol. The Morgan fingerprint density at radius 2 is 2.35 bits per heavy atom. The van der Waals surface area contributed by atoms with Crippen LogP contribution in [0.5, 0.6) is 0 Å². The van der Waals surface area contributed by atoms with Crippen LogP contribution in [0.15, 0.2) is 6.07 Å². The van der Waals surface area contributed by atoms with Crippen LogP contribution < -0.4 is 5.73 Å². The van der Waals surface area contributed by atoms with Gasteiger partial charge in [-0.25, -0.2) is 0 Å². The number of amides is 1. The van der Waals surface area contributed by atoms with Gasteiger partial charge in [-0.2, -0.15) is 10.2 Å². The molecule has 0 radical (unpaired) electrons. The quantitative estimate of drug-likeness (QED) is 0.816. The first-order chi connectivity index (χ1) is 9.52. The SMILES string of the molecule is CCc1nnc(C)cc1C(=O)N1CCOC(C(N)=S)C1. The first-order valence-corrected chi connectivity index (χ1v) is 6.97. The fourth-order valence-electron chi connectivity index (χ4n) is 2.14. The molecule has 1 aliphatic rings. The van der Waals surface area contributed by atoms with Gasteiger partial charge < -0.3 is 15.4 Å². The highest BCUT2D eigenvalue weighted by Crippen LogP contribution is 2.14. The number of hydrogen-bond donors (Lipinski definition) is 1. The number of carbonyl (C=O) groups is 1. The molecule has 1 fully saturated rings. The molecule has 1 unspecified atom stereocenters. The zero-order chi connectivity index (χ0) is 14.7. The number of rotatable bonds is 3. The molecule has 20 heavy (non-hydrogen) atoms. The number of aryl methyl sites for hydroxylation is 2. The molecular weight excluding hydrogens is 276 g/mol. The second-order valence-electron chi connectivity index (χ2n) is 4.71. The van der Waals surface area contributed by atoms with E-state index in [1.54, 1.807) is 11.0 Å². The predicted octanol–water partition coefficient (Wildman–Crippen LogP) is 0.475. The zero-order valence-electron chi connectivity index (χ0n) is 11.6. The third kappa shape index (κ3) is 3.10. The summed E-state index contributed by atoms with van der Waals surface area (Å²) >= 11 is 4.93. The van der Waals surface area contributed by atoms with Gasteiger partial charge in [0, 0.05) is 6.54 Å². The summed E-state index contributed by atoms with van der Waals surface area (Å²) in [6.45, 7) is 5.13. The van der Waals surface area contributed by atoms with Crippen molar-refractivity contribution in [2.45, 2.75) is 26.4 Å². The molecule has 108 valence electrons. The van der Waals surface area contributed by atoms with Crippen LogP contribution in [0.4, 0.5) is 0 Å². The fraction of sp³-hybridized carbons (Fsp3) is 0.538. The lowest BCUT2D eigenvalue weighted by atomic mass is 10.1. The van der Waals surface area contributed by atoms with Crippen LogP contribution in [0.3, 0.4) is 0 Å². The summed E-state index contributed by atoms with van der Waals surface area (Å²) in [5, 5.41) is 8.08. The van der Waals surface area contributed by atoms with E-state index in [4.69, 9.17) is 22.7 Å². The van der Waals surface area contributed by atoms with Gasteiger partial charge in [0.2, 0.25) is 0 Å². The highest BCUT2D eigenvalue weighted by atomic mass is 32.1. The van der Waals surface area contributed by atoms with E-state index >= 15 is 0 Å². The molecule has 1 saturated heterocycles. The Hall–Kier alpha value is -1.60.